The van der Waals surface area contributed by atoms with Crippen molar-refractivity contribution in [2.24, 2.45) is 11.8 Å². The van der Waals surface area contributed by atoms with Crippen LogP contribution in [0.4, 0.5) is 0 Å². The molecule has 4 bridgehead atoms. The molecular weight excluding hydrogens is 340 g/mol. The zero-order valence-corrected chi connectivity index (χ0v) is 15.9. The number of para-hydroxylation sites is 1. The van der Waals surface area contributed by atoms with Gasteiger partial charge in [0, 0.05) is 48.6 Å². The first-order valence-corrected chi connectivity index (χ1v) is 9.81. The van der Waals surface area contributed by atoms with Gasteiger partial charge in [-0.2, -0.15) is 0 Å². The topological polar surface area (TPSA) is 54.6 Å². The van der Waals surface area contributed by atoms with Crippen molar-refractivity contribution in [1.29, 1.82) is 0 Å². The van der Waals surface area contributed by atoms with Crippen LogP contribution in [0.2, 0.25) is 0 Å². The minimum atomic E-state index is -0.647. The van der Waals surface area contributed by atoms with Gasteiger partial charge in [-0.05, 0) is 43.2 Å². The third kappa shape index (κ3) is 2.24. The highest BCUT2D eigenvalue weighted by Crippen LogP contribution is 2.55. The van der Waals surface area contributed by atoms with E-state index in [0.29, 0.717) is 11.8 Å². The number of carbonyl (C=O) groups excluding carboxylic acids is 1. The number of nitrogens with one attached hydrogen (secondary N) is 1. The molecule has 4 unspecified atom stereocenters. The molecule has 2 aromatic rings. The molecule has 1 saturated carbocycles. The van der Waals surface area contributed by atoms with Gasteiger partial charge in [-0.25, -0.2) is 0 Å². The Balaban J connectivity index is 1.75. The number of piperidine rings is 2. The summed E-state index contributed by atoms with van der Waals surface area (Å²) in [7, 11) is 3.27. The van der Waals surface area contributed by atoms with Gasteiger partial charge in [0.1, 0.15) is 5.41 Å². The molecule has 3 aliphatic heterocycles. The van der Waals surface area contributed by atoms with Gasteiger partial charge in [-0.15, -0.1) is 0 Å². The summed E-state index contributed by atoms with van der Waals surface area (Å²) < 4.78 is 10.8. The Morgan fingerprint density at radius 2 is 2.19 bits per heavy atom. The predicted molar refractivity (Wildman–Crippen MR) is 104 cm³/mol. The van der Waals surface area contributed by atoms with Crippen molar-refractivity contribution < 1.29 is 14.3 Å². The third-order valence-electron chi connectivity index (χ3n) is 6.89. The van der Waals surface area contributed by atoms with Crippen molar-refractivity contribution >= 4 is 22.9 Å². The Bertz CT molecular complexity index is 917. The summed E-state index contributed by atoms with van der Waals surface area (Å²) in [6, 6.07) is 8.42. The molecule has 1 N–H and O–H groups in total. The molecule has 2 saturated heterocycles. The predicted octanol–water partition coefficient (Wildman–Crippen LogP) is 3.31. The van der Waals surface area contributed by atoms with Crippen LogP contribution in [0.15, 0.2) is 30.5 Å². The quantitative estimate of drug-likeness (QED) is 0.844. The Morgan fingerprint density at radius 3 is 3.00 bits per heavy atom. The molecule has 5 heteroatoms. The molecule has 0 amide bonds. The first kappa shape index (κ1) is 16.9. The highest BCUT2D eigenvalue weighted by molar-refractivity contribution is 5.96. The number of aromatic amines is 1. The lowest BCUT2D eigenvalue weighted by Crippen LogP contribution is -2.66. The number of benzene rings is 1. The van der Waals surface area contributed by atoms with E-state index in [1.807, 2.05) is 6.07 Å². The molecule has 27 heavy (non-hydrogen) atoms. The third-order valence-corrected chi connectivity index (χ3v) is 6.89. The van der Waals surface area contributed by atoms with Crippen LogP contribution in [0.1, 0.15) is 30.5 Å². The summed E-state index contributed by atoms with van der Waals surface area (Å²) in [4.78, 5) is 19.4. The zero-order valence-electron chi connectivity index (χ0n) is 15.9. The van der Waals surface area contributed by atoms with Crippen molar-refractivity contribution in [1.82, 2.24) is 9.88 Å². The second kappa shape index (κ2) is 6.13. The Hall–Kier alpha value is -2.27. The first-order valence-electron chi connectivity index (χ1n) is 9.81. The van der Waals surface area contributed by atoms with Gasteiger partial charge in [0.15, 0.2) is 0 Å². The molecule has 4 heterocycles. The number of rotatable bonds is 4. The van der Waals surface area contributed by atoms with E-state index >= 15 is 0 Å². The maximum atomic E-state index is 13.4. The number of esters is 1. The fraction of sp³-hybridized carbons (Fsp3) is 0.500. The summed E-state index contributed by atoms with van der Waals surface area (Å²) in [6.07, 6.45) is 7.38. The van der Waals surface area contributed by atoms with Crippen molar-refractivity contribution in [3.05, 3.63) is 41.7 Å². The molecule has 0 radical (unpaired) electrons. The number of ether oxygens (including phenoxy) is 2. The maximum Gasteiger partial charge on any atom is 0.319 e. The second-order valence-corrected chi connectivity index (χ2v) is 8.23. The monoisotopic (exact) mass is 366 g/mol. The van der Waals surface area contributed by atoms with Crippen molar-refractivity contribution in [3.8, 4) is 0 Å². The molecule has 3 fully saturated rings. The van der Waals surface area contributed by atoms with Gasteiger partial charge in [-0.3, -0.25) is 4.79 Å². The molecule has 4 aliphatic rings. The van der Waals surface area contributed by atoms with Crippen molar-refractivity contribution in [3.63, 3.8) is 0 Å². The van der Waals surface area contributed by atoms with Crippen molar-refractivity contribution in [2.75, 3.05) is 27.4 Å². The van der Waals surface area contributed by atoms with Gasteiger partial charge in [0.05, 0.1) is 13.2 Å². The van der Waals surface area contributed by atoms with Crippen LogP contribution in [-0.2, 0) is 19.7 Å². The molecular formula is C22H26N2O3. The molecule has 5 nitrogen and oxygen atoms in total. The van der Waals surface area contributed by atoms with Gasteiger partial charge in [0.25, 0.3) is 0 Å². The molecule has 6 rings (SSSR count). The van der Waals surface area contributed by atoms with Crippen LogP contribution in [0.5, 0.6) is 0 Å². The lowest BCUT2D eigenvalue weighted by Gasteiger charge is -2.58. The SMILES string of the molecule is COCCC1CC2CN3C=Cc4c([nH]c5ccccc45)C(C(=O)OC)(C2)C13. The van der Waals surface area contributed by atoms with E-state index in [2.05, 4.69) is 40.4 Å². The summed E-state index contributed by atoms with van der Waals surface area (Å²) in [5.74, 6) is 0.789. The van der Waals surface area contributed by atoms with Crippen LogP contribution >= 0.6 is 0 Å². The van der Waals surface area contributed by atoms with Gasteiger partial charge < -0.3 is 19.4 Å². The largest absolute Gasteiger partial charge is 0.468 e. The lowest BCUT2D eigenvalue weighted by molar-refractivity contribution is -0.160. The fourth-order valence-corrected chi connectivity index (χ4v) is 6.02. The van der Waals surface area contributed by atoms with E-state index < -0.39 is 5.41 Å². The van der Waals surface area contributed by atoms with E-state index in [1.54, 1.807) is 7.11 Å². The molecule has 1 aromatic heterocycles. The first-order chi connectivity index (χ1) is 13.2. The smallest absolute Gasteiger partial charge is 0.319 e. The number of aromatic nitrogens is 1. The molecule has 0 spiro atoms. The van der Waals surface area contributed by atoms with Gasteiger partial charge in [0.2, 0.25) is 0 Å². The standard InChI is InChI=1S/C22H26N2O3/c1-26-10-8-15-11-14-12-22(21(25)27-2)19-17(7-9-24(13-14)20(15)22)16-5-3-4-6-18(16)23-19/h3-7,9,14-15,20,23H,8,10-13H2,1-2H3. The number of H-pyrrole nitrogens is 1. The van der Waals surface area contributed by atoms with E-state index in [1.165, 1.54) is 12.5 Å². The molecule has 1 aromatic carbocycles. The van der Waals surface area contributed by atoms with E-state index in [-0.39, 0.29) is 12.0 Å². The number of carbonyl (C=O) groups is 1. The van der Waals surface area contributed by atoms with Crippen molar-refractivity contribution in [2.45, 2.75) is 30.7 Å². The lowest BCUT2D eigenvalue weighted by atomic mass is 9.56. The number of nitrogens with zero attached hydrogens (tertiary/aromatic N) is 1. The zero-order chi connectivity index (χ0) is 18.6. The second-order valence-electron chi connectivity index (χ2n) is 8.23. The summed E-state index contributed by atoms with van der Waals surface area (Å²) in [5, 5.41) is 1.17. The maximum absolute atomic E-state index is 13.4. The Kier molecular flexibility index (Phi) is 3.83. The molecule has 142 valence electrons. The average Bonchev–Trinajstić information content (AvgIpc) is 3.04. The Labute approximate surface area is 159 Å². The minimum Gasteiger partial charge on any atom is -0.468 e. The minimum absolute atomic E-state index is 0.107. The van der Waals surface area contributed by atoms with E-state index in [4.69, 9.17) is 9.47 Å². The van der Waals surface area contributed by atoms with E-state index in [0.717, 1.165) is 49.2 Å². The van der Waals surface area contributed by atoms with Crippen LogP contribution in [-0.4, -0.2) is 49.3 Å². The van der Waals surface area contributed by atoms with Crippen LogP contribution in [0.3, 0.4) is 0 Å². The number of hydrogen-bond donors (Lipinski definition) is 1. The number of fused-ring (bicyclic) bond motifs is 4. The summed E-state index contributed by atoms with van der Waals surface area (Å²) in [5.41, 5.74) is 2.60. The van der Waals surface area contributed by atoms with E-state index in [9.17, 15) is 4.79 Å². The normalized spacial score (nSPS) is 31.0. The number of methoxy groups -OCH3 is 2. The summed E-state index contributed by atoms with van der Waals surface area (Å²) >= 11 is 0. The Morgan fingerprint density at radius 1 is 1.33 bits per heavy atom. The highest BCUT2D eigenvalue weighted by Gasteiger charge is 2.62. The highest BCUT2D eigenvalue weighted by atomic mass is 16.5. The fourth-order valence-electron chi connectivity index (χ4n) is 6.02. The van der Waals surface area contributed by atoms with Crippen LogP contribution < -0.4 is 0 Å². The number of hydrogen-bond acceptors (Lipinski definition) is 4. The van der Waals surface area contributed by atoms with Gasteiger partial charge in [-0.1, -0.05) is 18.2 Å². The summed E-state index contributed by atoms with van der Waals surface area (Å²) in [6.45, 7) is 1.74. The van der Waals surface area contributed by atoms with Crippen LogP contribution in [0, 0.1) is 11.8 Å². The van der Waals surface area contributed by atoms with Crippen LogP contribution in [0.25, 0.3) is 17.0 Å². The molecule has 1 aliphatic carbocycles. The average molecular weight is 366 g/mol. The van der Waals surface area contributed by atoms with Gasteiger partial charge >= 0.3 is 5.97 Å². The molecule has 4 atom stereocenters.